The molecule has 0 radical (unpaired) electrons. The number of carbonyl (C=O) groups excluding carboxylic acids is 2. The van der Waals surface area contributed by atoms with Crippen LogP contribution in [0.2, 0.25) is 15.1 Å². The number of ether oxygens (including phenoxy) is 2. The van der Waals surface area contributed by atoms with Crippen molar-refractivity contribution in [3.05, 3.63) is 80.2 Å². The fraction of sp³-hybridized carbons (Fsp3) is 0.167. The van der Waals surface area contributed by atoms with Gasteiger partial charge in [-0.1, -0.05) is 34.8 Å². The molecule has 176 valence electrons. The quantitative estimate of drug-likeness (QED) is 0.244. The van der Waals surface area contributed by atoms with E-state index in [0.717, 1.165) is 0 Å². The monoisotopic (exact) mass is 521 g/mol. The zero-order valence-electron chi connectivity index (χ0n) is 18.2. The van der Waals surface area contributed by atoms with Crippen LogP contribution in [0, 0.1) is 6.92 Å². The van der Waals surface area contributed by atoms with Gasteiger partial charge in [0.15, 0.2) is 11.5 Å². The van der Waals surface area contributed by atoms with E-state index in [2.05, 4.69) is 0 Å². The van der Waals surface area contributed by atoms with Crippen molar-refractivity contribution < 1.29 is 28.6 Å². The number of hydrogen-bond acceptors (Lipinski definition) is 6. The van der Waals surface area contributed by atoms with Crippen LogP contribution in [0.4, 0.5) is 5.69 Å². The molecule has 1 fully saturated rings. The van der Waals surface area contributed by atoms with Gasteiger partial charge in [0.25, 0.3) is 11.7 Å². The summed E-state index contributed by atoms with van der Waals surface area (Å²) >= 11 is 18.7. The molecule has 1 N–H and O–H groups in total. The Balaban J connectivity index is 2.00. The summed E-state index contributed by atoms with van der Waals surface area (Å²) in [5, 5.41) is 11.9. The lowest BCUT2D eigenvalue weighted by atomic mass is 9.98. The zero-order chi connectivity index (χ0) is 24.7. The van der Waals surface area contributed by atoms with E-state index in [0.29, 0.717) is 16.5 Å². The number of aliphatic hydroxyl groups is 1. The number of benzene rings is 2. The van der Waals surface area contributed by atoms with Gasteiger partial charge in [-0.05, 0) is 49.4 Å². The van der Waals surface area contributed by atoms with E-state index in [1.165, 1.54) is 25.2 Å². The van der Waals surface area contributed by atoms with E-state index in [9.17, 15) is 14.7 Å². The van der Waals surface area contributed by atoms with Crippen molar-refractivity contribution in [3.8, 4) is 11.5 Å². The maximum absolute atomic E-state index is 13.2. The molecule has 4 rings (SSSR count). The molecule has 1 aliphatic rings. The average Bonchev–Trinajstić information content (AvgIpc) is 3.35. The molecule has 1 amide bonds. The summed E-state index contributed by atoms with van der Waals surface area (Å²) in [6, 6.07) is 9.97. The van der Waals surface area contributed by atoms with E-state index in [-0.39, 0.29) is 38.4 Å². The summed E-state index contributed by atoms with van der Waals surface area (Å²) in [5.74, 6) is -1.31. The third-order valence-electron chi connectivity index (χ3n) is 5.37. The second-order valence-electron chi connectivity index (χ2n) is 7.38. The number of aliphatic hydroxyl groups excluding tert-OH is 1. The predicted octanol–water partition coefficient (Wildman–Crippen LogP) is 6.19. The second kappa shape index (κ2) is 9.25. The molecule has 0 spiro atoms. The summed E-state index contributed by atoms with van der Waals surface area (Å²) in [4.78, 5) is 27.7. The SMILES string of the molecule is COc1c(Cl)cc(/C(O)=C2\C(=O)C(=O)N(c3ccc(Cl)cc3)C2c2ccc(C)o2)c(OC)c1Cl. The number of carbonyl (C=O) groups is 2. The summed E-state index contributed by atoms with van der Waals surface area (Å²) in [6.45, 7) is 1.73. The van der Waals surface area contributed by atoms with Gasteiger partial charge in [-0.3, -0.25) is 14.5 Å². The Morgan fingerprint density at radius 1 is 1.00 bits per heavy atom. The molecule has 7 nitrogen and oxygen atoms in total. The van der Waals surface area contributed by atoms with E-state index in [1.54, 1.807) is 43.3 Å². The lowest BCUT2D eigenvalue weighted by Crippen LogP contribution is -2.29. The number of hydrogen-bond donors (Lipinski definition) is 1. The van der Waals surface area contributed by atoms with Gasteiger partial charge in [-0.25, -0.2) is 0 Å². The Bertz CT molecular complexity index is 1330. The second-order valence-corrected chi connectivity index (χ2v) is 8.60. The van der Waals surface area contributed by atoms with Crippen LogP contribution in [0.5, 0.6) is 11.5 Å². The zero-order valence-corrected chi connectivity index (χ0v) is 20.5. The Hall–Kier alpha value is -3.13. The lowest BCUT2D eigenvalue weighted by molar-refractivity contribution is -0.132. The molecular weight excluding hydrogens is 505 g/mol. The highest BCUT2D eigenvalue weighted by Gasteiger charge is 2.48. The van der Waals surface area contributed by atoms with Crippen molar-refractivity contribution in [1.29, 1.82) is 0 Å². The van der Waals surface area contributed by atoms with Crippen LogP contribution in [0.1, 0.15) is 23.1 Å². The summed E-state index contributed by atoms with van der Waals surface area (Å²) < 4.78 is 16.3. The van der Waals surface area contributed by atoms with Crippen molar-refractivity contribution in [2.75, 3.05) is 19.1 Å². The van der Waals surface area contributed by atoms with E-state index in [4.69, 9.17) is 48.7 Å². The molecule has 34 heavy (non-hydrogen) atoms. The smallest absolute Gasteiger partial charge is 0.300 e. The minimum Gasteiger partial charge on any atom is -0.507 e. The van der Waals surface area contributed by atoms with Gasteiger partial charge in [-0.15, -0.1) is 0 Å². The van der Waals surface area contributed by atoms with Gasteiger partial charge in [0.1, 0.15) is 28.3 Å². The average molecular weight is 523 g/mol. The predicted molar refractivity (Wildman–Crippen MR) is 129 cm³/mol. The first kappa shape index (κ1) is 24.0. The fourth-order valence-electron chi connectivity index (χ4n) is 3.86. The molecule has 0 aliphatic carbocycles. The molecule has 1 aromatic heterocycles. The third-order valence-corrected chi connectivity index (χ3v) is 6.25. The highest BCUT2D eigenvalue weighted by molar-refractivity contribution is 6.52. The summed E-state index contributed by atoms with van der Waals surface area (Å²) in [7, 11) is 2.72. The number of halogens is 3. The Morgan fingerprint density at radius 3 is 2.21 bits per heavy atom. The van der Waals surface area contributed by atoms with Crippen molar-refractivity contribution in [1.82, 2.24) is 0 Å². The van der Waals surface area contributed by atoms with Crippen LogP contribution >= 0.6 is 34.8 Å². The van der Waals surface area contributed by atoms with Crippen molar-refractivity contribution in [2.24, 2.45) is 0 Å². The van der Waals surface area contributed by atoms with Crippen LogP contribution in [0.3, 0.4) is 0 Å². The van der Waals surface area contributed by atoms with Crippen LogP contribution in [0.15, 0.2) is 52.5 Å². The molecule has 0 saturated carbocycles. The molecule has 1 saturated heterocycles. The number of methoxy groups -OCH3 is 2. The number of amides is 1. The maximum atomic E-state index is 13.2. The summed E-state index contributed by atoms with van der Waals surface area (Å²) in [6.07, 6.45) is 0. The molecule has 10 heteroatoms. The normalized spacial score (nSPS) is 17.4. The molecule has 1 unspecified atom stereocenters. The Morgan fingerprint density at radius 2 is 1.65 bits per heavy atom. The first-order valence-corrected chi connectivity index (χ1v) is 11.1. The third kappa shape index (κ3) is 3.90. The maximum Gasteiger partial charge on any atom is 0.300 e. The number of Topliss-reactive ketones (excluding diaryl/α,β-unsaturated/α-hetero) is 1. The van der Waals surface area contributed by atoms with Gasteiger partial charge in [0.2, 0.25) is 0 Å². The van der Waals surface area contributed by atoms with Crippen LogP contribution in [-0.2, 0) is 9.59 Å². The van der Waals surface area contributed by atoms with Gasteiger partial charge in [0, 0.05) is 10.7 Å². The molecule has 2 heterocycles. The van der Waals surface area contributed by atoms with Crippen molar-refractivity contribution >= 4 is 57.9 Å². The number of nitrogens with zero attached hydrogens (tertiary/aromatic N) is 1. The first-order valence-electron chi connectivity index (χ1n) is 9.92. The van der Waals surface area contributed by atoms with E-state index in [1.807, 2.05) is 0 Å². The van der Waals surface area contributed by atoms with Crippen LogP contribution < -0.4 is 14.4 Å². The van der Waals surface area contributed by atoms with Crippen LogP contribution in [0.25, 0.3) is 5.76 Å². The first-order chi connectivity index (χ1) is 16.2. The van der Waals surface area contributed by atoms with Gasteiger partial charge in [0.05, 0.1) is 30.4 Å². The highest BCUT2D eigenvalue weighted by atomic mass is 35.5. The molecular formula is C24H18Cl3NO6. The lowest BCUT2D eigenvalue weighted by Gasteiger charge is -2.23. The standard InChI is InChI=1S/C24H18Cl3NO6/c1-11-4-9-16(34-11)19-17(21(30)24(31)28(19)13-7-5-12(25)6-8-13)20(29)14-10-15(26)23(33-3)18(27)22(14)32-2/h4-10,19,29H,1-3H3/b20-17+. The van der Waals surface area contributed by atoms with E-state index < -0.39 is 23.5 Å². The number of rotatable bonds is 5. The number of furan rings is 1. The minimum absolute atomic E-state index is 0.00336. The van der Waals surface area contributed by atoms with Gasteiger partial charge >= 0.3 is 0 Å². The Labute approximate surface area is 210 Å². The molecule has 1 aliphatic heterocycles. The fourth-order valence-corrected chi connectivity index (χ4v) is 4.67. The Kier molecular flexibility index (Phi) is 6.53. The molecule has 0 bridgehead atoms. The van der Waals surface area contributed by atoms with Gasteiger partial charge in [-0.2, -0.15) is 0 Å². The topological polar surface area (TPSA) is 89.2 Å². The van der Waals surface area contributed by atoms with Crippen molar-refractivity contribution in [2.45, 2.75) is 13.0 Å². The molecule has 2 aromatic carbocycles. The number of anilines is 1. The molecule has 3 aromatic rings. The largest absolute Gasteiger partial charge is 0.507 e. The van der Waals surface area contributed by atoms with Crippen molar-refractivity contribution in [3.63, 3.8) is 0 Å². The number of aryl methyl sites for hydroxylation is 1. The molecule has 1 atom stereocenters. The number of ketones is 1. The highest BCUT2D eigenvalue weighted by Crippen LogP contribution is 2.48. The van der Waals surface area contributed by atoms with Crippen LogP contribution in [-0.4, -0.2) is 31.0 Å². The van der Waals surface area contributed by atoms with E-state index >= 15 is 0 Å². The minimum atomic E-state index is -1.07. The summed E-state index contributed by atoms with van der Waals surface area (Å²) in [5.41, 5.74) is 0.188. The van der Waals surface area contributed by atoms with Gasteiger partial charge < -0.3 is 19.0 Å².